The van der Waals surface area contributed by atoms with E-state index < -0.39 is 6.09 Å². The zero-order valence-electron chi connectivity index (χ0n) is 13.6. The number of aromatic amines is 1. The number of amides is 2. The fourth-order valence-electron chi connectivity index (χ4n) is 2.68. The van der Waals surface area contributed by atoms with Gasteiger partial charge in [0.2, 0.25) is 5.91 Å². The molecule has 0 fully saturated rings. The maximum absolute atomic E-state index is 12.3. The fraction of sp³-hybridized carbons (Fsp3) is 0.467. The number of hydrogen-bond acceptors (Lipinski definition) is 7. The van der Waals surface area contributed by atoms with Crippen LogP contribution in [0.4, 0.5) is 4.79 Å². The van der Waals surface area contributed by atoms with Crippen molar-refractivity contribution < 1.29 is 14.3 Å². The summed E-state index contributed by atoms with van der Waals surface area (Å²) in [7, 11) is 0. The molecule has 0 bridgehead atoms. The highest BCUT2D eigenvalue weighted by atomic mass is 32.2. The second-order valence-electron chi connectivity index (χ2n) is 5.44. The Labute approximate surface area is 151 Å². The molecule has 1 aliphatic carbocycles. The van der Waals surface area contributed by atoms with Crippen LogP contribution in [0.15, 0.2) is 4.79 Å². The van der Waals surface area contributed by atoms with Gasteiger partial charge in [0, 0.05) is 4.88 Å². The van der Waals surface area contributed by atoms with E-state index in [-0.39, 0.29) is 23.8 Å². The molecule has 0 atom stereocenters. The average Bonchev–Trinajstić information content (AvgIpc) is 3.13. The van der Waals surface area contributed by atoms with Crippen molar-refractivity contribution in [2.24, 2.45) is 0 Å². The molecule has 0 aromatic carbocycles. The number of aromatic nitrogens is 2. The van der Waals surface area contributed by atoms with Gasteiger partial charge >= 0.3 is 6.09 Å². The van der Waals surface area contributed by atoms with E-state index in [1.165, 1.54) is 16.6 Å². The molecule has 0 spiro atoms. The van der Waals surface area contributed by atoms with E-state index in [9.17, 15) is 14.4 Å². The van der Waals surface area contributed by atoms with Gasteiger partial charge in [0.1, 0.15) is 10.7 Å². The Hall–Kier alpha value is -2.07. The summed E-state index contributed by atoms with van der Waals surface area (Å²) in [6, 6.07) is 0. The molecule has 1 aliphatic rings. The van der Waals surface area contributed by atoms with E-state index in [4.69, 9.17) is 0 Å². The Morgan fingerprint density at radius 3 is 3.00 bits per heavy atom. The van der Waals surface area contributed by atoms with Crippen LogP contribution in [-0.4, -0.2) is 34.3 Å². The summed E-state index contributed by atoms with van der Waals surface area (Å²) in [5, 5.41) is 0.725. The van der Waals surface area contributed by atoms with Gasteiger partial charge in [0.05, 0.1) is 23.5 Å². The number of fused-ring (bicyclic) bond motifs is 3. The zero-order chi connectivity index (χ0) is 17.8. The summed E-state index contributed by atoms with van der Waals surface area (Å²) in [6.45, 7) is 1.90. The highest BCUT2D eigenvalue weighted by molar-refractivity contribution is 7.99. The van der Waals surface area contributed by atoms with E-state index in [1.54, 1.807) is 18.3 Å². The summed E-state index contributed by atoms with van der Waals surface area (Å²) in [6.07, 6.45) is 2.36. The second kappa shape index (κ2) is 7.87. The van der Waals surface area contributed by atoms with Crippen LogP contribution in [0.2, 0.25) is 0 Å². The van der Waals surface area contributed by atoms with Crippen molar-refractivity contribution in [3.8, 4) is 0 Å². The van der Waals surface area contributed by atoms with E-state index in [1.807, 2.05) is 0 Å². The molecule has 2 aromatic rings. The van der Waals surface area contributed by atoms with Crippen molar-refractivity contribution in [2.75, 3.05) is 12.4 Å². The monoisotopic (exact) mass is 382 g/mol. The molecule has 3 N–H and O–H groups in total. The molecule has 2 heterocycles. The van der Waals surface area contributed by atoms with Gasteiger partial charge in [0.25, 0.3) is 5.56 Å². The first-order valence-electron chi connectivity index (χ1n) is 7.91. The number of ether oxygens (including phenoxy) is 1. The van der Waals surface area contributed by atoms with E-state index >= 15 is 0 Å². The number of thiophene rings is 1. The average molecular weight is 382 g/mol. The number of carbonyl (C=O) groups is 2. The van der Waals surface area contributed by atoms with E-state index in [0.717, 1.165) is 35.0 Å². The van der Waals surface area contributed by atoms with Crippen LogP contribution in [0.1, 0.15) is 29.6 Å². The Bertz CT molecular complexity index is 861. The summed E-state index contributed by atoms with van der Waals surface area (Å²) in [4.78, 5) is 44.4. The Morgan fingerprint density at radius 2 is 2.20 bits per heavy atom. The third-order valence-electron chi connectivity index (χ3n) is 3.68. The summed E-state index contributed by atoms with van der Waals surface area (Å²) in [5.41, 5.74) is 5.43. The van der Waals surface area contributed by atoms with Crippen LogP contribution in [0, 0.1) is 0 Å². The summed E-state index contributed by atoms with van der Waals surface area (Å²) in [5.74, 6) is 0.709. The lowest BCUT2D eigenvalue weighted by Gasteiger charge is -2.06. The molecule has 2 aromatic heterocycles. The molecule has 0 saturated heterocycles. The first-order valence-corrected chi connectivity index (χ1v) is 9.88. The minimum absolute atomic E-state index is 0.103. The predicted octanol–water partition coefficient (Wildman–Crippen LogP) is 1.48. The van der Waals surface area contributed by atoms with Crippen molar-refractivity contribution in [2.45, 2.75) is 31.9 Å². The Morgan fingerprint density at radius 1 is 1.36 bits per heavy atom. The van der Waals surface area contributed by atoms with Crippen molar-refractivity contribution in [3.05, 3.63) is 26.6 Å². The number of carbonyl (C=O) groups excluding carboxylic acids is 2. The van der Waals surface area contributed by atoms with Gasteiger partial charge in [-0.1, -0.05) is 0 Å². The Kier molecular flexibility index (Phi) is 5.59. The third kappa shape index (κ3) is 4.13. The number of aryl methyl sites for hydroxylation is 2. The van der Waals surface area contributed by atoms with Crippen molar-refractivity contribution in [1.29, 1.82) is 0 Å². The van der Waals surface area contributed by atoms with Gasteiger partial charge in [-0.15, -0.1) is 23.1 Å². The second-order valence-corrected chi connectivity index (χ2v) is 7.51. The molecule has 134 valence electrons. The summed E-state index contributed by atoms with van der Waals surface area (Å²) >= 11 is 2.88. The molecule has 8 nitrogen and oxygen atoms in total. The number of hydrogen-bond donors (Lipinski definition) is 3. The number of H-pyrrole nitrogens is 1. The van der Waals surface area contributed by atoms with Gasteiger partial charge in [-0.05, 0) is 31.7 Å². The van der Waals surface area contributed by atoms with Gasteiger partial charge in [-0.25, -0.2) is 15.2 Å². The largest absolute Gasteiger partial charge is 0.449 e. The quantitative estimate of drug-likeness (QED) is 0.675. The summed E-state index contributed by atoms with van der Waals surface area (Å²) < 4.78 is 4.63. The van der Waals surface area contributed by atoms with Crippen LogP contribution >= 0.6 is 23.1 Å². The maximum atomic E-state index is 12.3. The third-order valence-corrected chi connectivity index (χ3v) is 5.81. The topological polar surface area (TPSA) is 113 Å². The SMILES string of the molecule is CCOC(=O)NNC(=O)CSCc1nc2sc3c(c2c(=O)[nH]1)CCC3. The van der Waals surface area contributed by atoms with Gasteiger partial charge in [0.15, 0.2) is 0 Å². The molecule has 0 unspecified atom stereocenters. The van der Waals surface area contributed by atoms with Crippen LogP contribution in [0.5, 0.6) is 0 Å². The van der Waals surface area contributed by atoms with Gasteiger partial charge < -0.3 is 9.72 Å². The van der Waals surface area contributed by atoms with Gasteiger partial charge in [-0.3, -0.25) is 15.0 Å². The molecule has 3 rings (SSSR count). The standard InChI is InChI=1S/C15H18N4O4S2/c1-2-23-15(22)19-18-11(20)7-24-6-10-16-13(21)12-8-4-3-5-9(8)25-14(12)17-10/h2-7H2,1H3,(H,18,20)(H,19,22)(H,16,17,21). The van der Waals surface area contributed by atoms with Crippen LogP contribution in [-0.2, 0) is 28.1 Å². The predicted molar refractivity (Wildman–Crippen MR) is 96.7 cm³/mol. The van der Waals surface area contributed by atoms with Crippen molar-refractivity contribution in [3.63, 3.8) is 0 Å². The molecule has 2 amide bonds. The van der Waals surface area contributed by atoms with E-state index in [2.05, 4.69) is 25.6 Å². The van der Waals surface area contributed by atoms with Crippen molar-refractivity contribution >= 4 is 45.3 Å². The van der Waals surface area contributed by atoms with E-state index in [0.29, 0.717) is 11.6 Å². The minimum atomic E-state index is -0.706. The first kappa shape index (κ1) is 17.7. The molecule has 0 saturated carbocycles. The number of hydrazine groups is 1. The highest BCUT2D eigenvalue weighted by Gasteiger charge is 2.21. The van der Waals surface area contributed by atoms with Crippen LogP contribution < -0.4 is 16.4 Å². The van der Waals surface area contributed by atoms with Gasteiger partial charge in [-0.2, -0.15) is 0 Å². The highest BCUT2D eigenvalue weighted by Crippen LogP contribution is 2.34. The number of nitrogens with one attached hydrogen (secondary N) is 3. The smallest absolute Gasteiger partial charge is 0.426 e. The van der Waals surface area contributed by atoms with Crippen LogP contribution in [0.25, 0.3) is 10.2 Å². The zero-order valence-corrected chi connectivity index (χ0v) is 15.3. The molecule has 25 heavy (non-hydrogen) atoms. The number of nitrogens with zero attached hydrogens (tertiary/aromatic N) is 1. The fourth-order valence-corrected chi connectivity index (χ4v) is 4.65. The minimum Gasteiger partial charge on any atom is -0.449 e. The van der Waals surface area contributed by atoms with Crippen molar-refractivity contribution in [1.82, 2.24) is 20.8 Å². The molecular formula is C15H18N4O4S2. The molecular weight excluding hydrogens is 364 g/mol. The molecule has 0 aliphatic heterocycles. The maximum Gasteiger partial charge on any atom is 0.426 e. The first-order chi connectivity index (χ1) is 12.1. The number of thioether (sulfide) groups is 1. The lowest BCUT2D eigenvalue weighted by molar-refractivity contribution is -0.119. The lowest BCUT2D eigenvalue weighted by Crippen LogP contribution is -2.42. The normalized spacial score (nSPS) is 12.8. The lowest BCUT2D eigenvalue weighted by atomic mass is 10.2. The number of rotatable bonds is 5. The molecule has 0 radical (unpaired) electrons. The molecule has 10 heteroatoms. The Balaban J connectivity index is 1.54. The van der Waals surface area contributed by atoms with Crippen LogP contribution in [0.3, 0.4) is 0 Å².